The molecule has 0 saturated carbocycles. The molecule has 3 N–H and O–H groups in total. The van der Waals surface area contributed by atoms with Gasteiger partial charge in [-0.3, -0.25) is 0 Å². The van der Waals surface area contributed by atoms with E-state index in [2.05, 4.69) is 11.2 Å². The Morgan fingerprint density at radius 3 is 3.00 bits per heavy atom. The number of aryl methyl sites for hydroxylation is 1. The first kappa shape index (κ1) is 9.92. The van der Waals surface area contributed by atoms with Crippen LogP contribution in [0.4, 0.5) is 0 Å². The Bertz CT molecular complexity index is 312. The summed E-state index contributed by atoms with van der Waals surface area (Å²) in [5.74, 6) is 0.756. The van der Waals surface area contributed by atoms with Crippen molar-refractivity contribution in [1.29, 1.82) is 0 Å². The number of hydrogen-bond acceptors (Lipinski definition) is 3. The maximum Gasteiger partial charge on any atom is 0.149 e. The molecule has 0 amide bonds. The third kappa shape index (κ3) is 3.38. The van der Waals surface area contributed by atoms with Crippen LogP contribution in [0.3, 0.4) is 0 Å². The molecule has 1 aromatic carbocycles. The Morgan fingerprint density at radius 1 is 1.62 bits per heavy atom. The second-order valence-electron chi connectivity index (χ2n) is 2.70. The molecular formula is C9H12N2OS. The molecule has 3 nitrogen and oxygen atoms in total. The summed E-state index contributed by atoms with van der Waals surface area (Å²) in [6.07, 6.45) is 0. The Morgan fingerprint density at radius 2 is 2.38 bits per heavy atom. The Labute approximate surface area is 81.6 Å². The number of hydrogen-bond donors (Lipinski definition) is 2. The smallest absolute Gasteiger partial charge is 0.149 e. The fraction of sp³-hybridized carbons (Fsp3) is 0.222. The van der Waals surface area contributed by atoms with Crippen LogP contribution in [-0.4, -0.2) is 16.8 Å². The van der Waals surface area contributed by atoms with Crippen LogP contribution in [-0.2, 0) is 0 Å². The Balaban J connectivity index is 2.55. The van der Waals surface area contributed by atoms with Gasteiger partial charge < -0.3 is 10.9 Å². The van der Waals surface area contributed by atoms with Crippen LogP contribution < -0.4 is 5.73 Å². The van der Waals surface area contributed by atoms with Gasteiger partial charge in [-0.15, -0.1) is 11.8 Å². The minimum Gasteiger partial charge on any atom is -0.409 e. The van der Waals surface area contributed by atoms with E-state index in [0.717, 1.165) is 4.90 Å². The topological polar surface area (TPSA) is 58.6 Å². The summed E-state index contributed by atoms with van der Waals surface area (Å²) in [4.78, 5) is 1.13. The van der Waals surface area contributed by atoms with E-state index < -0.39 is 0 Å². The van der Waals surface area contributed by atoms with Crippen molar-refractivity contribution in [2.45, 2.75) is 11.8 Å². The van der Waals surface area contributed by atoms with E-state index in [1.165, 1.54) is 5.56 Å². The van der Waals surface area contributed by atoms with Gasteiger partial charge in [0.2, 0.25) is 0 Å². The lowest BCUT2D eigenvalue weighted by molar-refractivity contribution is 0.318. The molecule has 0 aliphatic rings. The third-order valence-electron chi connectivity index (χ3n) is 1.50. The van der Waals surface area contributed by atoms with Crippen LogP contribution in [0.5, 0.6) is 0 Å². The summed E-state index contributed by atoms with van der Waals surface area (Å²) in [6, 6.07) is 8.09. The van der Waals surface area contributed by atoms with Gasteiger partial charge >= 0.3 is 0 Å². The quantitative estimate of drug-likeness (QED) is 0.255. The monoisotopic (exact) mass is 196 g/mol. The molecule has 0 aromatic heterocycles. The zero-order chi connectivity index (χ0) is 9.68. The molecule has 0 spiro atoms. The van der Waals surface area contributed by atoms with Crippen LogP contribution in [0, 0.1) is 6.92 Å². The first-order valence-electron chi connectivity index (χ1n) is 3.88. The third-order valence-corrected chi connectivity index (χ3v) is 2.53. The van der Waals surface area contributed by atoms with Crippen molar-refractivity contribution < 1.29 is 5.21 Å². The van der Waals surface area contributed by atoms with Crippen molar-refractivity contribution in [3.05, 3.63) is 29.8 Å². The minimum absolute atomic E-state index is 0.242. The van der Waals surface area contributed by atoms with Gasteiger partial charge in [0, 0.05) is 4.90 Å². The molecule has 0 radical (unpaired) electrons. The van der Waals surface area contributed by atoms with E-state index in [0.29, 0.717) is 5.75 Å². The second kappa shape index (κ2) is 4.77. The molecule has 0 aliphatic carbocycles. The lowest BCUT2D eigenvalue weighted by atomic mass is 10.2. The summed E-state index contributed by atoms with van der Waals surface area (Å²) in [5, 5.41) is 11.2. The molecule has 0 unspecified atom stereocenters. The Hall–Kier alpha value is -1.16. The summed E-state index contributed by atoms with van der Waals surface area (Å²) in [7, 11) is 0. The van der Waals surface area contributed by atoms with Crippen LogP contribution in [0.2, 0.25) is 0 Å². The van der Waals surface area contributed by atoms with E-state index in [1.54, 1.807) is 11.8 Å². The SMILES string of the molecule is Cc1cccc(SC/C(N)=N/O)c1. The van der Waals surface area contributed by atoms with E-state index in [1.807, 2.05) is 25.1 Å². The van der Waals surface area contributed by atoms with Gasteiger partial charge in [-0.2, -0.15) is 0 Å². The van der Waals surface area contributed by atoms with Gasteiger partial charge in [0.15, 0.2) is 0 Å². The minimum atomic E-state index is 0.242. The summed E-state index contributed by atoms with van der Waals surface area (Å²) in [6.45, 7) is 2.04. The highest BCUT2D eigenvalue weighted by molar-refractivity contribution is 8.00. The van der Waals surface area contributed by atoms with E-state index in [9.17, 15) is 0 Å². The molecular weight excluding hydrogens is 184 g/mol. The standard InChI is InChI=1S/C9H12N2OS/c1-7-3-2-4-8(5-7)13-6-9(10)11-12/h2-5,12H,6H2,1H3,(H2,10,11). The fourth-order valence-corrected chi connectivity index (χ4v) is 1.71. The second-order valence-corrected chi connectivity index (χ2v) is 3.75. The van der Waals surface area contributed by atoms with Crippen molar-refractivity contribution in [1.82, 2.24) is 0 Å². The highest BCUT2D eigenvalue weighted by Crippen LogP contribution is 2.18. The largest absolute Gasteiger partial charge is 0.409 e. The molecule has 13 heavy (non-hydrogen) atoms. The van der Waals surface area contributed by atoms with Gasteiger partial charge in [0.05, 0.1) is 5.75 Å². The molecule has 0 atom stereocenters. The normalized spacial score (nSPS) is 11.6. The number of nitrogens with two attached hydrogens (primary N) is 1. The van der Waals surface area contributed by atoms with Crippen molar-refractivity contribution in [2.24, 2.45) is 10.9 Å². The predicted octanol–water partition coefficient (Wildman–Crippen LogP) is 1.83. The number of benzene rings is 1. The molecule has 1 aromatic rings. The van der Waals surface area contributed by atoms with Crippen LogP contribution in [0.1, 0.15) is 5.56 Å². The molecule has 1 rings (SSSR count). The maximum absolute atomic E-state index is 8.32. The number of amidine groups is 1. The lowest BCUT2D eigenvalue weighted by Gasteiger charge is -2.00. The van der Waals surface area contributed by atoms with Crippen LogP contribution in [0.25, 0.3) is 0 Å². The highest BCUT2D eigenvalue weighted by atomic mass is 32.2. The molecule has 0 bridgehead atoms. The van der Waals surface area contributed by atoms with E-state index in [-0.39, 0.29) is 5.84 Å². The van der Waals surface area contributed by atoms with Crippen molar-refractivity contribution >= 4 is 17.6 Å². The number of oxime groups is 1. The number of rotatable bonds is 3. The average molecular weight is 196 g/mol. The van der Waals surface area contributed by atoms with E-state index in [4.69, 9.17) is 10.9 Å². The highest BCUT2D eigenvalue weighted by Gasteiger charge is 1.96. The van der Waals surface area contributed by atoms with Gasteiger partial charge in [-0.25, -0.2) is 0 Å². The van der Waals surface area contributed by atoms with Crippen molar-refractivity contribution in [2.75, 3.05) is 5.75 Å². The molecule has 0 aliphatic heterocycles. The van der Waals surface area contributed by atoms with Gasteiger partial charge in [0.25, 0.3) is 0 Å². The summed E-state index contributed by atoms with van der Waals surface area (Å²) in [5.41, 5.74) is 6.55. The first-order chi connectivity index (χ1) is 6.22. The maximum atomic E-state index is 8.32. The van der Waals surface area contributed by atoms with Gasteiger partial charge in [0.1, 0.15) is 5.84 Å². The molecule has 4 heteroatoms. The average Bonchev–Trinajstić information content (AvgIpc) is 2.14. The summed E-state index contributed by atoms with van der Waals surface area (Å²) < 4.78 is 0. The molecule has 70 valence electrons. The van der Waals surface area contributed by atoms with Crippen LogP contribution >= 0.6 is 11.8 Å². The number of nitrogens with zero attached hydrogens (tertiary/aromatic N) is 1. The zero-order valence-electron chi connectivity index (χ0n) is 7.40. The van der Waals surface area contributed by atoms with Crippen molar-refractivity contribution in [3.63, 3.8) is 0 Å². The summed E-state index contributed by atoms with van der Waals surface area (Å²) >= 11 is 1.55. The zero-order valence-corrected chi connectivity index (χ0v) is 8.21. The molecule has 0 heterocycles. The first-order valence-corrected chi connectivity index (χ1v) is 4.87. The molecule has 0 saturated heterocycles. The fourth-order valence-electron chi connectivity index (χ4n) is 0.891. The lowest BCUT2D eigenvalue weighted by Crippen LogP contribution is -2.13. The van der Waals surface area contributed by atoms with Crippen LogP contribution in [0.15, 0.2) is 34.3 Å². The number of thioether (sulfide) groups is 1. The molecule has 0 fully saturated rings. The van der Waals surface area contributed by atoms with E-state index >= 15 is 0 Å². The van der Waals surface area contributed by atoms with Gasteiger partial charge in [-0.05, 0) is 19.1 Å². The van der Waals surface area contributed by atoms with Gasteiger partial charge in [-0.1, -0.05) is 22.9 Å². The predicted molar refractivity (Wildman–Crippen MR) is 55.3 cm³/mol. The Kier molecular flexibility index (Phi) is 3.64. The van der Waals surface area contributed by atoms with Crippen molar-refractivity contribution in [3.8, 4) is 0 Å².